The van der Waals surface area contributed by atoms with Crippen LogP contribution in [0.2, 0.25) is 0 Å². The number of allylic oxidation sites excluding steroid dienone is 3. The molecule has 0 amide bonds. The molecule has 12 rings (SSSR count). The standard InChI is InChI=1S/C60H43NS/c1-40-37-50(32-33-51(40)45-26-25-42-17-11-12-18-43(42)38-45)61(48-21-9-4-10-22-48)49-30-28-47(29-31-49)60(46-19-7-3-8-20-46)55-24-14-13-23-53(55)58-56(60)35-34-52-54-39-44(41-15-5-2-6-16-41)27-36-57(54)62-59(52)58/h2-40,51H,1H3. The van der Waals surface area contributed by atoms with Crippen LogP contribution in [0.5, 0.6) is 0 Å². The lowest BCUT2D eigenvalue weighted by Gasteiger charge is -2.35. The van der Waals surface area contributed by atoms with Crippen molar-refractivity contribution < 1.29 is 0 Å². The summed E-state index contributed by atoms with van der Waals surface area (Å²) < 4.78 is 2.67. The molecule has 2 aliphatic carbocycles. The summed E-state index contributed by atoms with van der Waals surface area (Å²) in [5, 5.41) is 5.21. The zero-order valence-corrected chi connectivity index (χ0v) is 35.3. The SMILES string of the molecule is CC1C=C(N(c2ccccc2)c2ccc(C3(c4ccccc4)c4ccccc4-c4c3ccc3c4sc4ccc(-c5ccccc5)cc43)cc2)C=CC1c1ccc2ccccc2c1. The fraction of sp³-hybridized carbons (Fsp3) is 0.0667. The van der Waals surface area contributed by atoms with E-state index in [0.717, 1.165) is 11.4 Å². The summed E-state index contributed by atoms with van der Waals surface area (Å²) in [6.07, 6.45) is 7.19. The number of benzene rings is 9. The summed E-state index contributed by atoms with van der Waals surface area (Å²) in [7, 11) is 0. The van der Waals surface area contributed by atoms with Gasteiger partial charge in [0, 0.05) is 48.7 Å². The Hall–Kier alpha value is -7.26. The molecule has 10 aromatic rings. The van der Waals surface area contributed by atoms with Crippen LogP contribution in [0, 0.1) is 5.92 Å². The maximum Gasteiger partial charge on any atom is 0.0714 e. The van der Waals surface area contributed by atoms with Gasteiger partial charge >= 0.3 is 0 Å². The van der Waals surface area contributed by atoms with Crippen LogP contribution >= 0.6 is 11.3 Å². The number of rotatable bonds is 7. The molecule has 1 heterocycles. The third kappa shape index (κ3) is 5.75. The van der Waals surface area contributed by atoms with E-state index in [1.807, 2.05) is 11.3 Å². The van der Waals surface area contributed by atoms with Crippen molar-refractivity contribution in [1.29, 1.82) is 0 Å². The van der Waals surface area contributed by atoms with E-state index in [9.17, 15) is 0 Å². The van der Waals surface area contributed by atoms with Gasteiger partial charge in [-0.25, -0.2) is 0 Å². The molecule has 1 aromatic heterocycles. The number of para-hydroxylation sites is 1. The molecule has 294 valence electrons. The first-order valence-corrected chi connectivity index (χ1v) is 22.5. The Morgan fingerprint density at radius 2 is 1.18 bits per heavy atom. The summed E-state index contributed by atoms with van der Waals surface area (Å²) in [4.78, 5) is 2.42. The predicted molar refractivity (Wildman–Crippen MR) is 264 cm³/mol. The topological polar surface area (TPSA) is 3.24 Å². The predicted octanol–water partition coefficient (Wildman–Crippen LogP) is 16.2. The second-order valence-electron chi connectivity index (χ2n) is 16.9. The first-order chi connectivity index (χ1) is 30.6. The van der Waals surface area contributed by atoms with Crippen molar-refractivity contribution in [2.75, 3.05) is 4.90 Å². The zero-order chi connectivity index (χ0) is 41.2. The van der Waals surface area contributed by atoms with Crippen molar-refractivity contribution in [2.45, 2.75) is 18.3 Å². The molecule has 0 fully saturated rings. The average Bonchev–Trinajstić information content (AvgIpc) is 3.86. The molecule has 3 unspecified atom stereocenters. The van der Waals surface area contributed by atoms with Crippen molar-refractivity contribution in [2.24, 2.45) is 5.92 Å². The number of hydrogen-bond donors (Lipinski definition) is 0. The van der Waals surface area contributed by atoms with Crippen molar-refractivity contribution in [1.82, 2.24) is 0 Å². The Morgan fingerprint density at radius 1 is 0.500 bits per heavy atom. The number of thiophene rings is 1. The Labute approximate surface area is 367 Å². The van der Waals surface area contributed by atoms with Gasteiger partial charge in [-0.1, -0.05) is 195 Å². The maximum absolute atomic E-state index is 2.45. The third-order valence-electron chi connectivity index (χ3n) is 13.4. The normalized spacial score (nSPS) is 17.9. The van der Waals surface area contributed by atoms with Crippen molar-refractivity contribution >= 4 is 53.7 Å². The molecule has 2 heteroatoms. The zero-order valence-electron chi connectivity index (χ0n) is 34.4. The molecule has 2 aliphatic rings. The molecule has 0 saturated carbocycles. The highest BCUT2D eigenvalue weighted by molar-refractivity contribution is 7.26. The first-order valence-electron chi connectivity index (χ1n) is 21.7. The van der Waals surface area contributed by atoms with Gasteiger partial charge in [0.25, 0.3) is 0 Å². The maximum atomic E-state index is 2.45. The number of hydrogen-bond acceptors (Lipinski definition) is 2. The van der Waals surface area contributed by atoms with Gasteiger partial charge in [-0.2, -0.15) is 0 Å². The van der Waals surface area contributed by atoms with Crippen LogP contribution in [0.15, 0.2) is 236 Å². The van der Waals surface area contributed by atoms with Crippen LogP contribution in [0.4, 0.5) is 11.4 Å². The van der Waals surface area contributed by atoms with E-state index in [1.165, 1.54) is 86.7 Å². The first kappa shape index (κ1) is 36.6. The van der Waals surface area contributed by atoms with Crippen molar-refractivity contribution in [3.63, 3.8) is 0 Å². The smallest absolute Gasteiger partial charge is 0.0714 e. The van der Waals surface area contributed by atoms with Gasteiger partial charge in [-0.3, -0.25) is 0 Å². The molecule has 0 aliphatic heterocycles. The lowest BCUT2D eigenvalue weighted by Crippen LogP contribution is -2.28. The minimum atomic E-state index is -0.505. The van der Waals surface area contributed by atoms with Gasteiger partial charge < -0.3 is 4.90 Å². The number of anilines is 2. The van der Waals surface area contributed by atoms with Gasteiger partial charge in [0.05, 0.1) is 5.41 Å². The Balaban J connectivity index is 0.991. The second-order valence-corrected chi connectivity index (χ2v) is 17.9. The molecule has 0 radical (unpaired) electrons. The molecular formula is C60H43NS. The molecule has 0 saturated heterocycles. The molecule has 0 N–H and O–H groups in total. The fourth-order valence-electron chi connectivity index (χ4n) is 10.6. The molecule has 1 nitrogen and oxygen atoms in total. The number of nitrogens with zero attached hydrogens (tertiary/aromatic N) is 1. The van der Waals surface area contributed by atoms with E-state index in [2.05, 4.69) is 242 Å². The molecular weight excluding hydrogens is 767 g/mol. The van der Waals surface area contributed by atoms with Gasteiger partial charge in [-0.05, 0) is 104 Å². The fourth-order valence-corrected chi connectivity index (χ4v) is 11.8. The quantitative estimate of drug-likeness (QED) is 0.155. The highest BCUT2D eigenvalue weighted by Crippen LogP contribution is 2.59. The van der Waals surface area contributed by atoms with Gasteiger partial charge in [0.2, 0.25) is 0 Å². The summed E-state index contributed by atoms with van der Waals surface area (Å²) in [6.45, 7) is 2.35. The van der Waals surface area contributed by atoms with Crippen LogP contribution in [-0.4, -0.2) is 0 Å². The molecule has 62 heavy (non-hydrogen) atoms. The largest absolute Gasteiger partial charge is 0.311 e. The number of fused-ring (bicyclic) bond motifs is 8. The van der Waals surface area contributed by atoms with Crippen LogP contribution in [0.3, 0.4) is 0 Å². The van der Waals surface area contributed by atoms with Crippen LogP contribution < -0.4 is 4.90 Å². The summed E-state index contributed by atoms with van der Waals surface area (Å²) in [6, 6.07) is 78.7. The van der Waals surface area contributed by atoms with Crippen molar-refractivity contribution in [3.8, 4) is 22.3 Å². The van der Waals surface area contributed by atoms with Gasteiger partial charge in [0.15, 0.2) is 0 Å². The molecule has 0 spiro atoms. The molecule has 3 atom stereocenters. The van der Waals surface area contributed by atoms with Gasteiger partial charge in [-0.15, -0.1) is 11.3 Å². The van der Waals surface area contributed by atoms with Crippen LogP contribution in [0.1, 0.15) is 40.7 Å². The van der Waals surface area contributed by atoms with E-state index in [1.54, 1.807) is 0 Å². The summed E-state index contributed by atoms with van der Waals surface area (Å²) in [5.41, 5.74) is 14.7. The van der Waals surface area contributed by atoms with E-state index in [-0.39, 0.29) is 0 Å². The van der Waals surface area contributed by atoms with E-state index in [4.69, 9.17) is 0 Å². The van der Waals surface area contributed by atoms with E-state index in [0.29, 0.717) is 11.8 Å². The minimum Gasteiger partial charge on any atom is -0.311 e. The highest BCUT2D eigenvalue weighted by Gasteiger charge is 2.47. The van der Waals surface area contributed by atoms with E-state index < -0.39 is 5.41 Å². The molecule has 9 aromatic carbocycles. The summed E-state index contributed by atoms with van der Waals surface area (Å²) >= 11 is 1.93. The lowest BCUT2D eigenvalue weighted by molar-refractivity contribution is 0.629. The van der Waals surface area contributed by atoms with Crippen LogP contribution in [-0.2, 0) is 5.41 Å². The average molecular weight is 810 g/mol. The lowest BCUT2D eigenvalue weighted by atomic mass is 9.67. The van der Waals surface area contributed by atoms with Gasteiger partial charge in [0.1, 0.15) is 0 Å². The van der Waals surface area contributed by atoms with E-state index >= 15 is 0 Å². The molecule has 0 bridgehead atoms. The van der Waals surface area contributed by atoms with Crippen LogP contribution in [0.25, 0.3) is 53.2 Å². The highest BCUT2D eigenvalue weighted by atomic mass is 32.1. The Kier molecular flexibility index (Phi) is 8.69. The third-order valence-corrected chi connectivity index (χ3v) is 14.6. The minimum absolute atomic E-state index is 0.301. The monoisotopic (exact) mass is 809 g/mol. The van der Waals surface area contributed by atoms with Crippen molar-refractivity contribution in [3.05, 3.63) is 264 Å². The Bertz CT molecular complexity index is 3360. The summed E-state index contributed by atoms with van der Waals surface area (Å²) in [5.74, 6) is 0.611. The second kappa shape index (κ2) is 14.7. The Morgan fingerprint density at radius 3 is 1.97 bits per heavy atom.